The van der Waals surface area contributed by atoms with E-state index in [1.807, 2.05) is 13.0 Å². The molecule has 37 heavy (non-hydrogen) atoms. The van der Waals surface area contributed by atoms with Crippen molar-refractivity contribution >= 4 is 29.2 Å². The lowest BCUT2D eigenvalue weighted by atomic mass is 10.1. The van der Waals surface area contributed by atoms with Gasteiger partial charge in [-0.2, -0.15) is 18.2 Å². The summed E-state index contributed by atoms with van der Waals surface area (Å²) in [6.07, 6.45) is -1.03. The lowest BCUT2D eigenvalue weighted by Crippen LogP contribution is -2.53. The molecule has 3 aromatic rings. The number of pyridine rings is 1. The maximum atomic E-state index is 13.8. The van der Waals surface area contributed by atoms with Crippen molar-refractivity contribution in [2.45, 2.75) is 44.9 Å². The third kappa shape index (κ3) is 5.16. The summed E-state index contributed by atoms with van der Waals surface area (Å²) in [7, 11) is 0. The highest BCUT2D eigenvalue weighted by Crippen LogP contribution is 2.37. The maximum Gasteiger partial charge on any atom is 0.419 e. The number of nitrogens with zero attached hydrogens (tertiary/aromatic N) is 6. The van der Waals surface area contributed by atoms with Gasteiger partial charge in [-0.15, -0.1) is 0 Å². The molecule has 5 rings (SSSR count). The molecule has 2 aromatic heterocycles. The van der Waals surface area contributed by atoms with Crippen LogP contribution in [-0.2, 0) is 6.18 Å². The van der Waals surface area contributed by atoms with E-state index in [4.69, 9.17) is 21.6 Å². The van der Waals surface area contributed by atoms with Crippen molar-refractivity contribution in [3.8, 4) is 11.3 Å². The molecular formula is C26H27ClF4N6. The molecule has 4 heterocycles. The summed E-state index contributed by atoms with van der Waals surface area (Å²) in [6, 6.07) is 8.81. The minimum Gasteiger partial charge on any atom is -0.352 e. The number of aromatic nitrogens is 3. The Morgan fingerprint density at radius 1 is 0.973 bits per heavy atom. The van der Waals surface area contributed by atoms with Gasteiger partial charge in [-0.05, 0) is 57.0 Å². The zero-order valence-electron chi connectivity index (χ0n) is 20.5. The molecule has 0 bridgehead atoms. The first-order valence-electron chi connectivity index (χ1n) is 12.3. The van der Waals surface area contributed by atoms with Crippen molar-refractivity contribution in [3.05, 3.63) is 59.0 Å². The molecule has 0 N–H and O–H groups in total. The highest BCUT2D eigenvalue weighted by molar-refractivity contribution is 6.31. The van der Waals surface area contributed by atoms with Crippen molar-refractivity contribution in [1.82, 2.24) is 15.0 Å². The van der Waals surface area contributed by atoms with E-state index in [2.05, 4.69) is 21.7 Å². The molecule has 2 saturated heterocycles. The number of halogens is 5. The second-order valence-corrected chi connectivity index (χ2v) is 9.99. The Bertz CT molecular complexity index is 1290. The fourth-order valence-corrected chi connectivity index (χ4v) is 5.27. The number of alkyl halides is 3. The monoisotopic (exact) mass is 534 g/mol. The molecule has 2 aliphatic heterocycles. The quantitative estimate of drug-likeness (QED) is 0.380. The van der Waals surface area contributed by atoms with Gasteiger partial charge in [0.15, 0.2) is 0 Å². The number of benzene rings is 1. The lowest BCUT2D eigenvalue weighted by molar-refractivity contribution is -0.137. The van der Waals surface area contributed by atoms with Crippen molar-refractivity contribution in [1.29, 1.82) is 0 Å². The molecule has 6 nitrogen and oxygen atoms in total. The number of hydrogen-bond acceptors (Lipinski definition) is 6. The topological polar surface area (TPSA) is 48.4 Å². The van der Waals surface area contributed by atoms with Crippen molar-refractivity contribution in [2.24, 2.45) is 0 Å². The summed E-state index contributed by atoms with van der Waals surface area (Å²) < 4.78 is 54.6. The molecule has 0 amide bonds. The van der Waals surface area contributed by atoms with Crippen LogP contribution >= 0.6 is 11.6 Å². The van der Waals surface area contributed by atoms with E-state index in [9.17, 15) is 17.6 Å². The van der Waals surface area contributed by atoms with Gasteiger partial charge >= 0.3 is 6.18 Å². The molecule has 2 fully saturated rings. The maximum absolute atomic E-state index is 13.8. The summed E-state index contributed by atoms with van der Waals surface area (Å²) >= 11 is 6.05. The number of anilines is 3. The largest absolute Gasteiger partial charge is 0.419 e. The summed E-state index contributed by atoms with van der Waals surface area (Å²) in [5.74, 6) is 0.684. The van der Waals surface area contributed by atoms with Crippen LogP contribution in [0.15, 0.2) is 42.6 Å². The number of piperazine rings is 1. The van der Waals surface area contributed by atoms with E-state index < -0.39 is 17.6 Å². The Morgan fingerprint density at radius 3 is 2.46 bits per heavy atom. The minimum atomic E-state index is -4.48. The van der Waals surface area contributed by atoms with Crippen molar-refractivity contribution in [3.63, 3.8) is 0 Å². The van der Waals surface area contributed by atoms with Crippen LogP contribution in [0.3, 0.4) is 0 Å². The van der Waals surface area contributed by atoms with E-state index in [1.54, 1.807) is 17.0 Å². The van der Waals surface area contributed by atoms with Gasteiger partial charge in [-0.3, -0.25) is 0 Å². The van der Waals surface area contributed by atoms with Gasteiger partial charge < -0.3 is 14.7 Å². The Labute approximate surface area is 217 Å². The first-order valence-corrected chi connectivity index (χ1v) is 12.6. The molecule has 196 valence electrons. The first-order chi connectivity index (χ1) is 17.6. The summed E-state index contributed by atoms with van der Waals surface area (Å²) in [4.78, 5) is 19.6. The number of rotatable bonds is 4. The summed E-state index contributed by atoms with van der Waals surface area (Å²) in [5.41, 5.74) is 0.538. The van der Waals surface area contributed by atoms with Gasteiger partial charge in [0.05, 0.1) is 16.3 Å². The van der Waals surface area contributed by atoms with Crippen LogP contribution in [0.25, 0.3) is 11.3 Å². The van der Waals surface area contributed by atoms with E-state index in [-0.39, 0.29) is 22.9 Å². The standard InChI is InChI=1S/C26H27ClF4N6/c1-16-5-4-10-37(16)25-33-22(18-7-8-21(28)20(27)13-18)14-23(34-25)36-12-11-35(15-17(36)2)24-19(26(29,30)31)6-3-9-32-24/h3,6-9,13-14,16-17H,4-5,10-12,15H2,1-2H3/t16?,17-/m1/s1. The highest BCUT2D eigenvalue weighted by Gasteiger charge is 2.37. The molecule has 0 aliphatic carbocycles. The van der Waals surface area contributed by atoms with Crippen LogP contribution < -0.4 is 14.7 Å². The smallest absolute Gasteiger partial charge is 0.352 e. The zero-order chi connectivity index (χ0) is 26.3. The highest BCUT2D eigenvalue weighted by atomic mass is 35.5. The van der Waals surface area contributed by atoms with Gasteiger partial charge in [0.2, 0.25) is 5.95 Å². The normalized spacial score (nSPS) is 20.6. The SMILES string of the molecule is CC1CCCN1c1nc(-c2ccc(F)c(Cl)c2)cc(N2CCN(c3ncccc3C(F)(F)F)C[C@H]2C)n1. The predicted molar refractivity (Wildman–Crippen MR) is 137 cm³/mol. The summed E-state index contributed by atoms with van der Waals surface area (Å²) in [5, 5.41) is 0.00608. The van der Waals surface area contributed by atoms with Crippen molar-refractivity contribution < 1.29 is 17.6 Å². The molecule has 2 aliphatic rings. The Hall–Kier alpha value is -3.14. The lowest BCUT2D eigenvalue weighted by Gasteiger charge is -2.42. The molecule has 0 spiro atoms. The molecule has 0 radical (unpaired) electrons. The van der Waals surface area contributed by atoms with E-state index in [0.717, 1.165) is 25.5 Å². The third-order valence-corrected chi connectivity index (χ3v) is 7.33. The fourth-order valence-electron chi connectivity index (χ4n) is 5.09. The molecule has 11 heteroatoms. The van der Waals surface area contributed by atoms with Crippen LogP contribution in [0.5, 0.6) is 0 Å². The molecule has 1 aromatic carbocycles. The third-order valence-electron chi connectivity index (χ3n) is 7.04. The van der Waals surface area contributed by atoms with Gasteiger partial charge in [-0.25, -0.2) is 14.4 Å². The van der Waals surface area contributed by atoms with E-state index in [1.165, 1.54) is 18.3 Å². The second-order valence-electron chi connectivity index (χ2n) is 9.59. The van der Waals surface area contributed by atoms with Crippen LogP contribution in [0.1, 0.15) is 32.3 Å². The van der Waals surface area contributed by atoms with E-state index >= 15 is 0 Å². The van der Waals surface area contributed by atoms with Gasteiger partial charge in [0, 0.05) is 56.1 Å². The van der Waals surface area contributed by atoms with Crippen LogP contribution in [0.2, 0.25) is 5.02 Å². The Kier molecular flexibility index (Phi) is 6.87. The average molecular weight is 535 g/mol. The van der Waals surface area contributed by atoms with Crippen LogP contribution in [0.4, 0.5) is 35.1 Å². The van der Waals surface area contributed by atoms with Crippen LogP contribution in [0, 0.1) is 5.82 Å². The van der Waals surface area contributed by atoms with Gasteiger partial charge in [0.1, 0.15) is 17.5 Å². The molecule has 2 atom stereocenters. The van der Waals surface area contributed by atoms with Crippen molar-refractivity contribution in [2.75, 3.05) is 40.9 Å². The number of hydrogen-bond donors (Lipinski definition) is 0. The first kappa shape index (κ1) is 25.5. The zero-order valence-corrected chi connectivity index (χ0v) is 21.3. The van der Waals surface area contributed by atoms with Crippen LogP contribution in [-0.4, -0.2) is 53.2 Å². The molecule has 0 saturated carbocycles. The second kappa shape index (κ2) is 9.96. The molecule has 1 unspecified atom stereocenters. The Balaban J connectivity index is 1.48. The van der Waals surface area contributed by atoms with Gasteiger partial charge in [-0.1, -0.05) is 11.6 Å². The summed E-state index contributed by atoms with van der Waals surface area (Å²) in [6.45, 7) is 6.06. The average Bonchev–Trinajstić information content (AvgIpc) is 3.30. The fraction of sp³-hybridized carbons (Fsp3) is 0.423. The Morgan fingerprint density at radius 2 is 1.78 bits per heavy atom. The van der Waals surface area contributed by atoms with Gasteiger partial charge in [0.25, 0.3) is 0 Å². The molecular weight excluding hydrogens is 508 g/mol. The van der Waals surface area contributed by atoms with E-state index in [0.29, 0.717) is 42.7 Å². The predicted octanol–water partition coefficient (Wildman–Crippen LogP) is 6.05. The minimum absolute atomic E-state index is 0.00608.